The molecule has 0 saturated carbocycles. The molecule has 1 heterocycles. The minimum atomic E-state index is -5.23. The molecule has 27 heavy (non-hydrogen) atoms. The first-order valence-electron chi connectivity index (χ1n) is 7.70. The maximum atomic E-state index is 14.0. The Hall–Kier alpha value is -2.81. The van der Waals surface area contributed by atoms with Gasteiger partial charge in [-0.1, -0.05) is 11.6 Å². The Balaban J connectivity index is 2.48. The molecule has 2 rings (SSSR count). The highest BCUT2D eigenvalue weighted by molar-refractivity contribution is 6.30. The van der Waals surface area contributed by atoms with Crippen molar-refractivity contribution >= 4 is 29.2 Å². The lowest BCUT2D eigenvalue weighted by molar-refractivity contribution is -0.204. The van der Waals surface area contributed by atoms with Crippen LogP contribution in [0.4, 0.5) is 18.9 Å². The average molecular weight is 402 g/mol. The number of pyridine rings is 1. The molecule has 1 atom stereocenters. The van der Waals surface area contributed by atoms with Gasteiger partial charge in [0.2, 0.25) is 0 Å². The highest BCUT2D eigenvalue weighted by atomic mass is 35.5. The maximum Gasteiger partial charge on any atom is 0.441 e. The molecule has 0 spiro atoms. The standard InChI is InChI=1S/C17H15ClF3N3O3/c1-2-27-15(26)16(17(19,20)21,23-13-7-5-12(18)6-8-13)24-14(25)11-4-3-9-22-10-11/h3-10,23H,2H2,1H3,(H,24,25). The van der Waals surface area contributed by atoms with E-state index in [0.29, 0.717) is 0 Å². The van der Waals surface area contributed by atoms with Gasteiger partial charge >= 0.3 is 17.8 Å². The zero-order chi connectivity index (χ0) is 20.1. The van der Waals surface area contributed by atoms with Gasteiger partial charge in [0.05, 0.1) is 12.2 Å². The molecule has 6 nitrogen and oxygen atoms in total. The number of anilines is 1. The van der Waals surface area contributed by atoms with E-state index < -0.39 is 23.7 Å². The molecule has 0 saturated heterocycles. The van der Waals surface area contributed by atoms with Crippen molar-refractivity contribution in [3.8, 4) is 0 Å². The second-order valence-electron chi connectivity index (χ2n) is 5.30. The van der Waals surface area contributed by atoms with Gasteiger partial charge in [-0.3, -0.25) is 9.78 Å². The molecule has 10 heteroatoms. The van der Waals surface area contributed by atoms with E-state index in [9.17, 15) is 22.8 Å². The number of hydrogen-bond donors (Lipinski definition) is 2. The van der Waals surface area contributed by atoms with Crippen LogP contribution in [-0.4, -0.2) is 35.3 Å². The summed E-state index contributed by atoms with van der Waals surface area (Å²) < 4.78 is 46.5. The van der Waals surface area contributed by atoms with Crippen LogP contribution in [-0.2, 0) is 9.53 Å². The minimum absolute atomic E-state index is 0.101. The lowest BCUT2D eigenvalue weighted by atomic mass is 10.1. The first-order chi connectivity index (χ1) is 12.7. The van der Waals surface area contributed by atoms with Crippen molar-refractivity contribution in [2.24, 2.45) is 0 Å². The van der Waals surface area contributed by atoms with Gasteiger partial charge in [0, 0.05) is 23.1 Å². The summed E-state index contributed by atoms with van der Waals surface area (Å²) in [5.74, 6) is -2.86. The molecular formula is C17H15ClF3N3O3. The topological polar surface area (TPSA) is 80.3 Å². The normalized spacial score (nSPS) is 13.4. The van der Waals surface area contributed by atoms with E-state index in [2.05, 4.69) is 9.72 Å². The summed E-state index contributed by atoms with van der Waals surface area (Å²) >= 11 is 5.73. The van der Waals surface area contributed by atoms with Crippen molar-refractivity contribution in [1.82, 2.24) is 10.3 Å². The lowest BCUT2D eigenvalue weighted by Gasteiger charge is -2.35. The number of carbonyl (C=O) groups is 2. The Kier molecular flexibility index (Phi) is 6.27. The number of nitrogens with zero attached hydrogens (tertiary/aromatic N) is 1. The Morgan fingerprint density at radius 1 is 1.19 bits per heavy atom. The molecule has 2 aromatic rings. The van der Waals surface area contributed by atoms with Crippen LogP contribution in [0.25, 0.3) is 0 Å². The number of halogens is 4. The SMILES string of the molecule is CCOC(=O)C(NC(=O)c1cccnc1)(Nc1ccc(Cl)cc1)C(F)(F)F. The number of aromatic nitrogens is 1. The highest BCUT2D eigenvalue weighted by Gasteiger charge is 2.63. The molecule has 0 aliphatic rings. The molecule has 0 aliphatic carbocycles. The number of alkyl halides is 3. The van der Waals surface area contributed by atoms with Crippen LogP contribution in [0.2, 0.25) is 5.02 Å². The fourth-order valence-electron chi connectivity index (χ4n) is 2.12. The predicted octanol–water partition coefficient (Wildman–Crippen LogP) is 3.40. The summed E-state index contributed by atoms with van der Waals surface area (Å²) in [5.41, 5.74) is -3.77. The summed E-state index contributed by atoms with van der Waals surface area (Å²) in [5, 5.41) is 4.03. The third-order valence-electron chi connectivity index (χ3n) is 3.41. The number of ether oxygens (including phenoxy) is 1. The third kappa shape index (κ3) is 4.68. The van der Waals surface area contributed by atoms with Gasteiger partial charge in [0.25, 0.3) is 5.91 Å². The second kappa shape index (κ2) is 8.26. The molecular weight excluding hydrogens is 387 g/mol. The molecule has 1 aromatic carbocycles. The Bertz CT molecular complexity index is 801. The zero-order valence-electron chi connectivity index (χ0n) is 14.0. The number of benzene rings is 1. The van der Waals surface area contributed by atoms with Crippen molar-refractivity contribution in [2.75, 3.05) is 11.9 Å². The first kappa shape index (κ1) is 20.5. The van der Waals surface area contributed by atoms with E-state index >= 15 is 0 Å². The predicted molar refractivity (Wildman–Crippen MR) is 92.2 cm³/mol. The van der Waals surface area contributed by atoms with Crippen LogP contribution in [0.15, 0.2) is 48.8 Å². The fraction of sp³-hybridized carbons (Fsp3) is 0.235. The van der Waals surface area contributed by atoms with E-state index in [-0.39, 0.29) is 22.9 Å². The van der Waals surface area contributed by atoms with E-state index in [4.69, 9.17) is 11.6 Å². The minimum Gasteiger partial charge on any atom is -0.463 e. The van der Waals surface area contributed by atoms with Crippen molar-refractivity contribution in [2.45, 2.75) is 18.8 Å². The fourth-order valence-corrected chi connectivity index (χ4v) is 2.25. The molecule has 1 amide bonds. The zero-order valence-corrected chi connectivity index (χ0v) is 14.8. The molecule has 144 valence electrons. The van der Waals surface area contributed by atoms with Gasteiger partial charge in [-0.05, 0) is 43.3 Å². The summed E-state index contributed by atoms with van der Waals surface area (Å²) in [6.45, 7) is 1.03. The van der Waals surface area contributed by atoms with Crippen LogP contribution >= 0.6 is 11.6 Å². The summed E-state index contributed by atoms with van der Waals surface area (Å²) in [6, 6.07) is 7.77. The van der Waals surface area contributed by atoms with Crippen LogP contribution in [0, 0.1) is 0 Å². The number of carbonyl (C=O) groups excluding carboxylic acids is 2. The lowest BCUT2D eigenvalue weighted by Crippen LogP contribution is -2.69. The van der Waals surface area contributed by atoms with Crippen molar-refractivity contribution in [3.05, 3.63) is 59.4 Å². The smallest absolute Gasteiger partial charge is 0.441 e. The van der Waals surface area contributed by atoms with Gasteiger partial charge in [-0.2, -0.15) is 13.2 Å². The highest BCUT2D eigenvalue weighted by Crippen LogP contribution is 2.33. The number of rotatable bonds is 6. The molecule has 0 radical (unpaired) electrons. The van der Waals surface area contributed by atoms with E-state index in [1.807, 2.05) is 5.32 Å². The molecule has 2 N–H and O–H groups in total. The van der Waals surface area contributed by atoms with Crippen LogP contribution in [0.1, 0.15) is 17.3 Å². The molecule has 0 fully saturated rings. The van der Waals surface area contributed by atoms with Crippen LogP contribution in [0.5, 0.6) is 0 Å². The summed E-state index contributed by atoms with van der Waals surface area (Å²) in [7, 11) is 0. The van der Waals surface area contributed by atoms with Crippen molar-refractivity contribution in [1.29, 1.82) is 0 Å². The second-order valence-corrected chi connectivity index (χ2v) is 5.73. The maximum absolute atomic E-state index is 14.0. The monoisotopic (exact) mass is 401 g/mol. The van der Waals surface area contributed by atoms with E-state index in [0.717, 1.165) is 6.20 Å². The Morgan fingerprint density at radius 2 is 1.85 bits per heavy atom. The van der Waals surface area contributed by atoms with E-state index in [1.54, 1.807) is 5.32 Å². The number of nitrogens with one attached hydrogen (secondary N) is 2. The van der Waals surface area contributed by atoms with Gasteiger partial charge in [-0.15, -0.1) is 0 Å². The molecule has 0 bridgehead atoms. The number of amides is 1. The van der Waals surface area contributed by atoms with E-state index in [1.165, 1.54) is 49.5 Å². The average Bonchev–Trinajstić information content (AvgIpc) is 2.62. The van der Waals surface area contributed by atoms with Crippen molar-refractivity contribution in [3.63, 3.8) is 0 Å². The summed E-state index contributed by atoms with van der Waals surface area (Å²) in [4.78, 5) is 28.3. The first-order valence-corrected chi connectivity index (χ1v) is 8.07. The number of esters is 1. The molecule has 0 aliphatic heterocycles. The Labute approximate surface area is 157 Å². The van der Waals surface area contributed by atoms with Crippen LogP contribution in [0.3, 0.4) is 0 Å². The largest absolute Gasteiger partial charge is 0.463 e. The Morgan fingerprint density at radius 3 is 2.37 bits per heavy atom. The quantitative estimate of drug-likeness (QED) is 0.573. The van der Waals surface area contributed by atoms with Gasteiger partial charge in [-0.25, -0.2) is 4.79 Å². The van der Waals surface area contributed by atoms with Crippen LogP contribution < -0.4 is 10.6 Å². The third-order valence-corrected chi connectivity index (χ3v) is 3.66. The number of hydrogen-bond acceptors (Lipinski definition) is 5. The molecule has 1 unspecified atom stereocenters. The molecule has 1 aromatic heterocycles. The van der Waals surface area contributed by atoms with Gasteiger partial charge in [0.15, 0.2) is 0 Å². The van der Waals surface area contributed by atoms with Crippen molar-refractivity contribution < 1.29 is 27.5 Å². The van der Waals surface area contributed by atoms with Gasteiger partial charge in [0.1, 0.15) is 0 Å². The summed E-state index contributed by atoms with van der Waals surface area (Å²) in [6.07, 6.45) is -2.80. The van der Waals surface area contributed by atoms with Gasteiger partial charge < -0.3 is 15.4 Å².